The van der Waals surface area contributed by atoms with Crippen molar-refractivity contribution in [1.82, 2.24) is 20.2 Å². The molecule has 0 aliphatic carbocycles. The zero-order chi connectivity index (χ0) is 17.2. The minimum Gasteiger partial charge on any atom is -0.394 e. The summed E-state index contributed by atoms with van der Waals surface area (Å²) in [4.78, 5) is 11.4. The number of fused-ring (bicyclic) bond motifs is 1. The maximum Gasteiger partial charge on any atom is 0.0890 e. The molecule has 1 saturated heterocycles. The topological polar surface area (TPSA) is 70.5 Å². The first-order chi connectivity index (χ1) is 11.6. The summed E-state index contributed by atoms with van der Waals surface area (Å²) < 4.78 is 5.69. The van der Waals surface area contributed by atoms with Gasteiger partial charge in [-0.25, -0.2) is 4.98 Å². The van der Waals surface area contributed by atoms with Crippen LogP contribution in [0.2, 0.25) is 0 Å². The Morgan fingerprint density at radius 2 is 2.17 bits per heavy atom. The molecule has 1 aromatic heterocycles. The monoisotopic (exact) mass is 330 g/mol. The van der Waals surface area contributed by atoms with Crippen LogP contribution < -0.4 is 5.32 Å². The number of aromatic nitrogens is 2. The van der Waals surface area contributed by atoms with Crippen LogP contribution in [0.25, 0.3) is 11.0 Å². The predicted octanol–water partition coefficient (Wildman–Crippen LogP) is 1.36. The van der Waals surface area contributed by atoms with Gasteiger partial charge in [-0.1, -0.05) is 12.1 Å². The minimum atomic E-state index is -0.407. The second-order valence-electron chi connectivity index (χ2n) is 6.74. The smallest absolute Gasteiger partial charge is 0.0890 e. The average Bonchev–Trinajstić information content (AvgIpc) is 2.62. The summed E-state index contributed by atoms with van der Waals surface area (Å²) >= 11 is 0. The first kappa shape index (κ1) is 17.2. The van der Waals surface area contributed by atoms with Crippen molar-refractivity contribution in [2.45, 2.75) is 31.5 Å². The molecule has 3 atom stereocenters. The second kappa shape index (κ2) is 7.11. The number of hydrogen-bond donors (Lipinski definition) is 2. The van der Waals surface area contributed by atoms with Gasteiger partial charge in [0.1, 0.15) is 0 Å². The van der Waals surface area contributed by atoms with Crippen LogP contribution in [-0.2, 0) is 4.74 Å². The molecule has 1 fully saturated rings. The van der Waals surface area contributed by atoms with Crippen LogP contribution >= 0.6 is 0 Å². The number of aliphatic hydroxyl groups excluding tert-OH is 1. The van der Waals surface area contributed by atoms with Crippen molar-refractivity contribution in [2.75, 3.05) is 33.4 Å². The molecular formula is C18H26N4O2. The van der Waals surface area contributed by atoms with E-state index in [4.69, 9.17) is 4.74 Å². The number of likely N-dealkylation sites (N-methyl/N-ethyl adjacent to an activating group) is 1. The Morgan fingerprint density at radius 3 is 2.92 bits per heavy atom. The molecule has 0 spiro atoms. The van der Waals surface area contributed by atoms with Crippen LogP contribution in [-0.4, -0.2) is 65.0 Å². The Hall–Kier alpha value is -1.60. The number of hydrogen-bond acceptors (Lipinski definition) is 6. The quantitative estimate of drug-likeness (QED) is 0.863. The Bertz CT molecular complexity index is 696. The predicted molar refractivity (Wildman–Crippen MR) is 93.8 cm³/mol. The normalized spacial score (nSPS) is 26.6. The number of morpholine rings is 1. The molecule has 1 aromatic carbocycles. The molecule has 1 aliphatic rings. The van der Waals surface area contributed by atoms with Crippen LogP contribution in [0.1, 0.15) is 25.6 Å². The van der Waals surface area contributed by atoms with Gasteiger partial charge < -0.3 is 15.2 Å². The van der Waals surface area contributed by atoms with E-state index in [0.717, 1.165) is 16.7 Å². The molecule has 0 amide bonds. The molecular weight excluding hydrogens is 304 g/mol. The standard InChI is InChI=1S/C18H26N4O2/c1-13-9-24-12-18(11-23,22(13)3)10-20-14(2)17-8-19-15-6-4-5-7-16(15)21-17/h4-8,13-14,20,23H,9-12H2,1-3H3/t13-,14?,18+/m1/s1. The van der Waals surface area contributed by atoms with E-state index in [1.807, 2.05) is 37.5 Å². The van der Waals surface area contributed by atoms with Crippen LogP contribution in [0.5, 0.6) is 0 Å². The number of benzene rings is 1. The fourth-order valence-corrected chi connectivity index (χ4v) is 3.12. The summed E-state index contributed by atoms with van der Waals surface area (Å²) in [5.74, 6) is 0. The third-order valence-electron chi connectivity index (χ3n) is 5.08. The fraction of sp³-hybridized carbons (Fsp3) is 0.556. The Labute approximate surface area is 142 Å². The summed E-state index contributed by atoms with van der Waals surface area (Å²) in [6, 6.07) is 8.18. The SMILES string of the molecule is CC(NC[C@]1(CO)COC[C@@H](C)N1C)c1cnc2ccccc2n1. The lowest BCUT2D eigenvalue weighted by molar-refractivity contribution is -0.106. The van der Waals surface area contributed by atoms with Crippen LogP contribution in [0.3, 0.4) is 0 Å². The summed E-state index contributed by atoms with van der Waals surface area (Å²) in [5.41, 5.74) is 2.28. The number of rotatable bonds is 5. The van der Waals surface area contributed by atoms with Gasteiger partial charge in [0.05, 0.1) is 48.3 Å². The molecule has 2 N–H and O–H groups in total. The van der Waals surface area contributed by atoms with Crippen molar-refractivity contribution in [3.8, 4) is 0 Å². The first-order valence-electron chi connectivity index (χ1n) is 8.42. The van der Waals surface area contributed by atoms with Gasteiger partial charge in [-0.05, 0) is 33.0 Å². The van der Waals surface area contributed by atoms with Crippen molar-refractivity contribution in [1.29, 1.82) is 0 Å². The van der Waals surface area contributed by atoms with Crippen LogP contribution in [0.15, 0.2) is 30.5 Å². The van der Waals surface area contributed by atoms with E-state index in [-0.39, 0.29) is 18.7 Å². The number of nitrogens with zero attached hydrogens (tertiary/aromatic N) is 3. The maximum atomic E-state index is 9.96. The molecule has 0 radical (unpaired) electrons. The molecule has 2 aromatic rings. The van der Waals surface area contributed by atoms with Gasteiger partial charge in [-0.2, -0.15) is 0 Å². The Kier molecular flexibility index (Phi) is 5.10. The Balaban J connectivity index is 1.72. The van der Waals surface area contributed by atoms with Gasteiger partial charge in [0.15, 0.2) is 0 Å². The molecule has 6 heteroatoms. The first-order valence-corrected chi connectivity index (χ1v) is 8.42. The van der Waals surface area contributed by atoms with E-state index >= 15 is 0 Å². The van der Waals surface area contributed by atoms with Crippen LogP contribution in [0.4, 0.5) is 0 Å². The lowest BCUT2D eigenvalue weighted by atomic mass is 9.95. The lowest BCUT2D eigenvalue weighted by Crippen LogP contribution is -2.65. The van der Waals surface area contributed by atoms with Gasteiger partial charge in [-0.3, -0.25) is 9.88 Å². The zero-order valence-corrected chi connectivity index (χ0v) is 14.6. The van der Waals surface area contributed by atoms with E-state index in [0.29, 0.717) is 19.8 Å². The molecule has 0 bridgehead atoms. The van der Waals surface area contributed by atoms with Gasteiger partial charge in [0.25, 0.3) is 0 Å². The summed E-state index contributed by atoms with van der Waals surface area (Å²) in [7, 11) is 2.05. The van der Waals surface area contributed by atoms with Crippen LogP contribution in [0, 0.1) is 0 Å². The van der Waals surface area contributed by atoms with Crippen molar-refractivity contribution in [3.63, 3.8) is 0 Å². The fourth-order valence-electron chi connectivity index (χ4n) is 3.12. The molecule has 1 unspecified atom stereocenters. The Morgan fingerprint density at radius 1 is 1.42 bits per heavy atom. The number of para-hydroxylation sites is 2. The van der Waals surface area contributed by atoms with Gasteiger partial charge in [-0.15, -0.1) is 0 Å². The molecule has 6 nitrogen and oxygen atoms in total. The van der Waals surface area contributed by atoms with E-state index in [1.54, 1.807) is 0 Å². The highest BCUT2D eigenvalue weighted by atomic mass is 16.5. The van der Waals surface area contributed by atoms with Crippen molar-refractivity contribution >= 4 is 11.0 Å². The highest BCUT2D eigenvalue weighted by molar-refractivity contribution is 5.73. The molecule has 3 rings (SSSR count). The number of aliphatic hydroxyl groups is 1. The summed E-state index contributed by atoms with van der Waals surface area (Å²) in [5, 5.41) is 13.5. The molecule has 2 heterocycles. The second-order valence-corrected chi connectivity index (χ2v) is 6.74. The van der Waals surface area contributed by atoms with E-state index in [2.05, 4.69) is 34.0 Å². The van der Waals surface area contributed by atoms with Crippen molar-refractivity contribution in [2.24, 2.45) is 0 Å². The lowest BCUT2D eigenvalue weighted by Gasteiger charge is -2.47. The number of nitrogens with one attached hydrogen (secondary N) is 1. The molecule has 0 saturated carbocycles. The molecule has 24 heavy (non-hydrogen) atoms. The van der Waals surface area contributed by atoms with Gasteiger partial charge in [0.2, 0.25) is 0 Å². The molecule has 1 aliphatic heterocycles. The minimum absolute atomic E-state index is 0.0381. The summed E-state index contributed by atoms with van der Waals surface area (Å²) in [6.45, 7) is 6.08. The van der Waals surface area contributed by atoms with E-state index < -0.39 is 5.54 Å². The van der Waals surface area contributed by atoms with Crippen molar-refractivity contribution < 1.29 is 9.84 Å². The average molecular weight is 330 g/mol. The zero-order valence-electron chi connectivity index (χ0n) is 14.6. The molecule has 130 valence electrons. The highest BCUT2D eigenvalue weighted by Crippen LogP contribution is 2.23. The van der Waals surface area contributed by atoms with Gasteiger partial charge in [0, 0.05) is 18.6 Å². The van der Waals surface area contributed by atoms with E-state index in [1.165, 1.54) is 0 Å². The van der Waals surface area contributed by atoms with Crippen molar-refractivity contribution in [3.05, 3.63) is 36.2 Å². The third kappa shape index (κ3) is 3.28. The largest absolute Gasteiger partial charge is 0.394 e. The van der Waals surface area contributed by atoms with Gasteiger partial charge >= 0.3 is 0 Å². The number of ether oxygens (including phenoxy) is 1. The highest BCUT2D eigenvalue weighted by Gasteiger charge is 2.40. The van der Waals surface area contributed by atoms with E-state index in [9.17, 15) is 5.11 Å². The summed E-state index contributed by atoms with van der Waals surface area (Å²) in [6.07, 6.45) is 1.81. The maximum absolute atomic E-state index is 9.96. The third-order valence-corrected chi connectivity index (χ3v) is 5.08.